The lowest BCUT2D eigenvalue weighted by molar-refractivity contribution is 0.0940. The van der Waals surface area contributed by atoms with Gasteiger partial charge in [0.1, 0.15) is 13.2 Å². The molecule has 0 radical (unpaired) electrons. The molecule has 2 aliphatic rings. The molecule has 2 aromatic carbocycles. The van der Waals surface area contributed by atoms with Crippen LogP contribution >= 0.6 is 11.3 Å². The number of aromatic nitrogens is 1. The van der Waals surface area contributed by atoms with Crippen LogP contribution in [-0.2, 0) is 4.74 Å². The molecular weight excluding hydrogens is 402 g/mol. The fourth-order valence-electron chi connectivity index (χ4n) is 3.64. The van der Waals surface area contributed by atoms with Crippen molar-refractivity contribution in [1.82, 2.24) is 10.3 Å². The van der Waals surface area contributed by atoms with Crippen LogP contribution in [0.1, 0.15) is 28.9 Å². The number of benzene rings is 2. The topological polar surface area (TPSA) is 72.9 Å². The lowest BCUT2D eigenvalue weighted by atomic mass is 10.1. The largest absolute Gasteiger partial charge is 0.486 e. The van der Waals surface area contributed by atoms with E-state index in [-0.39, 0.29) is 11.9 Å². The number of morpholine rings is 1. The van der Waals surface area contributed by atoms with E-state index in [4.69, 9.17) is 19.2 Å². The Morgan fingerprint density at radius 2 is 1.87 bits per heavy atom. The van der Waals surface area contributed by atoms with E-state index in [0.29, 0.717) is 18.8 Å². The van der Waals surface area contributed by atoms with E-state index in [0.717, 1.165) is 58.7 Å². The van der Waals surface area contributed by atoms with Gasteiger partial charge in [-0.15, -0.1) is 0 Å². The third-order valence-corrected chi connectivity index (χ3v) is 6.41. The van der Waals surface area contributed by atoms with Gasteiger partial charge in [0, 0.05) is 18.7 Å². The summed E-state index contributed by atoms with van der Waals surface area (Å²) in [6, 6.07) is 11.3. The van der Waals surface area contributed by atoms with Crippen molar-refractivity contribution < 1.29 is 19.0 Å². The molecule has 0 bridgehead atoms. The Kier molecular flexibility index (Phi) is 5.18. The summed E-state index contributed by atoms with van der Waals surface area (Å²) < 4.78 is 17.6. The molecule has 0 saturated carbocycles. The molecule has 7 nitrogen and oxygen atoms in total. The second-order valence-electron chi connectivity index (χ2n) is 7.38. The van der Waals surface area contributed by atoms with Crippen LogP contribution in [0.4, 0.5) is 5.13 Å². The van der Waals surface area contributed by atoms with E-state index < -0.39 is 0 Å². The molecule has 1 saturated heterocycles. The molecule has 0 spiro atoms. The second-order valence-corrected chi connectivity index (χ2v) is 8.39. The smallest absolute Gasteiger partial charge is 0.251 e. The molecule has 0 unspecified atom stereocenters. The maximum Gasteiger partial charge on any atom is 0.251 e. The Hall–Kier alpha value is -2.84. The lowest BCUT2D eigenvalue weighted by Gasteiger charge is -2.25. The maximum absolute atomic E-state index is 12.9. The zero-order chi connectivity index (χ0) is 20.5. The van der Waals surface area contributed by atoms with Crippen molar-refractivity contribution in [1.29, 1.82) is 0 Å². The molecule has 1 aromatic heterocycles. The van der Waals surface area contributed by atoms with Gasteiger partial charge in [0.05, 0.1) is 29.5 Å². The van der Waals surface area contributed by atoms with Crippen molar-refractivity contribution >= 4 is 32.6 Å². The van der Waals surface area contributed by atoms with Gasteiger partial charge in [-0.1, -0.05) is 17.4 Å². The third-order valence-electron chi connectivity index (χ3n) is 5.33. The van der Waals surface area contributed by atoms with E-state index in [9.17, 15) is 4.79 Å². The minimum Gasteiger partial charge on any atom is -0.486 e. The van der Waals surface area contributed by atoms with Gasteiger partial charge in [-0.25, -0.2) is 4.98 Å². The molecule has 1 fully saturated rings. The van der Waals surface area contributed by atoms with Gasteiger partial charge in [-0.05, 0) is 42.8 Å². The number of fused-ring (bicyclic) bond motifs is 2. The summed E-state index contributed by atoms with van der Waals surface area (Å²) in [4.78, 5) is 19.8. The van der Waals surface area contributed by atoms with Crippen molar-refractivity contribution in [2.75, 3.05) is 44.4 Å². The number of rotatable bonds is 4. The number of carbonyl (C=O) groups is 1. The summed E-state index contributed by atoms with van der Waals surface area (Å²) >= 11 is 1.61. The van der Waals surface area contributed by atoms with Crippen molar-refractivity contribution in [2.45, 2.75) is 13.0 Å². The quantitative estimate of drug-likeness (QED) is 0.691. The van der Waals surface area contributed by atoms with Crippen molar-refractivity contribution in [3.63, 3.8) is 0 Å². The number of amides is 1. The molecular formula is C22H23N3O4S. The van der Waals surface area contributed by atoms with Gasteiger partial charge in [0.15, 0.2) is 16.6 Å². The average Bonchev–Trinajstić information content (AvgIpc) is 3.23. The number of carbonyl (C=O) groups excluding carboxylic acids is 1. The highest BCUT2D eigenvalue weighted by Crippen LogP contribution is 2.33. The number of hydrogen-bond acceptors (Lipinski definition) is 7. The SMILES string of the molecule is C[C@H](NC(=O)c1ccc2nc(N3CCOCC3)sc2c1)c1ccc2c(c1)OCCO2. The van der Waals surface area contributed by atoms with Crippen molar-refractivity contribution in [3.05, 3.63) is 47.5 Å². The van der Waals surface area contributed by atoms with Crippen molar-refractivity contribution in [3.8, 4) is 11.5 Å². The summed E-state index contributed by atoms with van der Waals surface area (Å²) in [6.45, 7) is 6.21. The van der Waals surface area contributed by atoms with Gasteiger partial charge in [0.25, 0.3) is 5.91 Å². The first-order valence-corrected chi connectivity index (χ1v) is 10.9. The summed E-state index contributed by atoms with van der Waals surface area (Å²) in [5, 5.41) is 4.06. The Morgan fingerprint density at radius 1 is 1.07 bits per heavy atom. The highest BCUT2D eigenvalue weighted by molar-refractivity contribution is 7.22. The van der Waals surface area contributed by atoms with Crippen LogP contribution in [0, 0.1) is 0 Å². The average molecular weight is 426 g/mol. The zero-order valence-corrected chi connectivity index (χ0v) is 17.5. The molecule has 2 aliphatic heterocycles. The summed E-state index contributed by atoms with van der Waals surface area (Å²) in [5.41, 5.74) is 2.52. The van der Waals surface area contributed by atoms with Gasteiger partial charge < -0.3 is 24.4 Å². The summed E-state index contributed by atoms with van der Waals surface area (Å²) in [7, 11) is 0. The normalized spacial score (nSPS) is 17.0. The Morgan fingerprint density at radius 3 is 2.70 bits per heavy atom. The number of hydrogen-bond donors (Lipinski definition) is 1. The van der Waals surface area contributed by atoms with E-state index in [1.165, 1.54) is 0 Å². The molecule has 1 N–H and O–H groups in total. The van der Waals surface area contributed by atoms with Crippen LogP contribution in [0.3, 0.4) is 0 Å². The molecule has 156 valence electrons. The van der Waals surface area contributed by atoms with Crippen LogP contribution in [0.5, 0.6) is 11.5 Å². The van der Waals surface area contributed by atoms with E-state index in [2.05, 4.69) is 10.2 Å². The van der Waals surface area contributed by atoms with Gasteiger partial charge >= 0.3 is 0 Å². The fraction of sp³-hybridized carbons (Fsp3) is 0.364. The highest BCUT2D eigenvalue weighted by Gasteiger charge is 2.19. The standard InChI is InChI=1S/C22H23N3O4S/c1-14(15-3-5-18-19(12-15)29-11-10-28-18)23-21(26)16-2-4-17-20(13-16)30-22(24-17)25-6-8-27-9-7-25/h2-5,12-14H,6-11H2,1H3,(H,23,26)/t14-/m0/s1. The maximum atomic E-state index is 12.9. The van der Waals surface area contributed by atoms with Gasteiger partial charge in [-0.2, -0.15) is 0 Å². The number of ether oxygens (including phenoxy) is 3. The molecule has 0 aliphatic carbocycles. The molecule has 3 heterocycles. The monoisotopic (exact) mass is 425 g/mol. The Labute approximate surface area is 178 Å². The molecule has 8 heteroatoms. The van der Waals surface area contributed by atoms with Crippen LogP contribution in [-0.4, -0.2) is 50.4 Å². The number of nitrogens with one attached hydrogen (secondary N) is 1. The predicted molar refractivity (Wildman–Crippen MR) is 116 cm³/mol. The Balaban J connectivity index is 1.31. The van der Waals surface area contributed by atoms with E-state index in [1.807, 2.05) is 43.3 Å². The number of nitrogens with zero attached hydrogens (tertiary/aromatic N) is 2. The first-order valence-electron chi connectivity index (χ1n) is 10.1. The minimum atomic E-state index is -0.158. The van der Waals surface area contributed by atoms with Crippen molar-refractivity contribution in [2.24, 2.45) is 0 Å². The molecule has 1 amide bonds. The van der Waals surface area contributed by atoms with E-state index in [1.54, 1.807) is 11.3 Å². The zero-order valence-electron chi connectivity index (χ0n) is 16.7. The molecule has 5 rings (SSSR count). The lowest BCUT2D eigenvalue weighted by Crippen LogP contribution is -2.36. The molecule has 3 aromatic rings. The van der Waals surface area contributed by atoms with Gasteiger partial charge in [-0.3, -0.25) is 4.79 Å². The van der Waals surface area contributed by atoms with Crippen LogP contribution in [0.2, 0.25) is 0 Å². The second kappa shape index (κ2) is 8.12. The predicted octanol–water partition coefficient (Wildman–Crippen LogP) is 3.40. The number of anilines is 1. The minimum absolute atomic E-state index is 0.111. The number of thiazole rings is 1. The van der Waals surface area contributed by atoms with Gasteiger partial charge in [0.2, 0.25) is 0 Å². The first kappa shape index (κ1) is 19.1. The first-order chi connectivity index (χ1) is 14.7. The van der Waals surface area contributed by atoms with Crippen LogP contribution < -0.4 is 19.7 Å². The highest BCUT2D eigenvalue weighted by atomic mass is 32.1. The van der Waals surface area contributed by atoms with Crippen LogP contribution in [0.25, 0.3) is 10.2 Å². The summed E-state index contributed by atoms with van der Waals surface area (Å²) in [5.74, 6) is 1.36. The fourth-order valence-corrected chi connectivity index (χ4v) is 4.69. The molecule has 30 heavy (non-hydrogen) atoms. The molecule has 1 atom stereocenters. The van der Waals surface area contributed by atoms with E-state index >= 15 is 0 Å². The summed E-state index contributed by atoms with van der Waals surface area (Å²) in [6.07, 6.45) is 0. The Bertz CT molecular complexity index is 1080. The van der Waals surface area contributed by atoms with Crippen LogP contribution in [0.15, 0.2) is 36.4 Å². The third kappa shape index (κ3) is 3.80.